The zero-order chi connectivity index (χ0) is 30.3. The quantitative estimate of drug-likeness (QED) is 0.195. The predicted molar refractivity (Wildman–Crippen MR) is 155 cm³/mol. The van der Waals surface area contributed by atoms with Gasteiger partial charge in [-0.05, 0) is 35.9 Å². The molecule has 0 fully saturated rings. The lowest BCUT2D eigenvalue weighted by atomic mass is 10.1. The molecule has 1 aromatic heterocycles. The van der Waals surface area contributed by atoms with Gasteiger partial charge in [-0.25, -0.2) is 26.6 Å². The Labute approximate surface area is 246 Å². The Bertz CT molecular complexity index is 1670. The van der Waals surface area contributed by atoms with Gasteiger partial charge in [0.05, 0.1) is 51.0 Å². The average Bonchev–Trinajstić information content (AvgIpc) is 3.45. The highest BCUT2D eigenvalue weighted by molar-refractivity contribution is 7.89. The summed E-state index contributed by atoms with van der Waals surface area (Å²) in [6.45, 7) is -0.725. The number of sulfonamides is 1. The van der Waals surface area contributed by atoms with Gasteiger partial charge in [-0.1, -0.05) is 35.9 Å². The molecule has 0 radical (unpaired) electrons. The number of nitrogens with one attached hydrogen (secondary N) is 3. The molecule has 3 N–H and O–H groups in total. The molecule has 42 heavy (non-hydrogen) atoms. The van der Waals surface area contributed by atoms with Gasteiger partial charge in [-0.15, -0.1) is 0 Å². The zero-order valence-corrected chi connectivity index (χ0v) is 24.2. The number of aromatic nitrogens is 2. The van der Waals surface area contributed by atoms with Crippen molar-refractivity contribution in [2.45, 2.75) is 24.3 Å². The van der Waals surface area contributed by atoms with Gasteiger partial charge in [0.15, 0.2) is 0 Å². The second-order valence-corrected chi connectivity index (χ2v) is 11.1. The van der Waals surface area contributed by atoms with Crippen LogP contribution in [-0.2, 0) is 27.8 Å². The molecule has 0 unspecified atom stereocenters. The first-order chi connectivity index (χ1) is 20.1. The third-order valence-electron chi connectivity index (χ3n) is 6.08. The van der Waals surface area contributed by atoms with Gasteiger partial charge in [-0.2, -0.15) is 5.10 Å². The normalized spacial score (nSPS) is 11.4. The van der Waals surface area contributed by atoms with E-state index in [0.717, 1.165) is 0 Å². The van der Waals surface area contributed by atoms with E-state index in [0.29, 0.717) is 27.6 Å². The summed E-state index contributed by atoms with van der Waals surface area (Å²) in [5, 5.41) is 9.81. The Kier molecular flexibility index (Phi) is 9.99. The summed E-state index contributed by atoms with van der Waals surface area (Å²) in [4.78, 5) is 12.6. The van der Waals surface area contributed by atoms with E-state index in [1.54, 1.807) is 42.5 Å². The van der Waals surface area contributed by atoms with Crippen LogP contribution in [0, 0.1) is 0 Å². The minimum absolute atomic E-state index is 0.0304. The number of rotatable bonds is 13. The largest absolute Gasteiger partial charge is 0.497 e. The molecule has 1 heterocycles. The molecule has 0 saturated heterocycles. The highest BCUT2D eigenvalue weighted by atomic mass is 35.5. The van der Waals surface area contributed by atoms with E-state index in [1.165, 1.54) is 49.5 Å². The fraction of sp³-hybridized carbons (Fsp3) is 0.214. The van der Waals surface area contributed by atoms with Gasteiger partial charge >= 0.3 is 0 Å². The van der Waals surface area contributed by atoms with Crippen molar-refractivity contribution in [2.75, 3.05) is 31.4 Å². The molecule has 0 atom stereocenters. The van der Waals surface area contributed by atoms with E-state index in [2.05, 4.69) is 20.5 Å². The van der Waals surface area contributed by atoms with Crippen molar-refractivity contribution < 1.29 is 31.5 Å². The molecule has 222 valence electrons. The number of carbonyl (C=O) groups excluding carboxylic acids is 1. The van der Waals surface area contributed by atoms with Gasteiger partial charge in [0.25, 0.3) is 6.43 Å². The van der Waals surface area contributed by atoms with Crippen molar-refractivity contribution >= 4 is 38.9 Å². The number of amides is 1. The maximum Gasteiger partial charge on any atom is 0.255 e. The summed E-state index contributed by atoms with van der Waals surface area (Å²) in [6, 6.07) is 16.1. The Balaban J connectivity index is 1.64. The fourth-order valence-electron chi connectivity index (χ4n) is 4.01. The van der Waals surface area contributed by atoms with Crippen LogP contribution in [0.3, 0.4) is 0 Å². The maximum atomic E-state index is 13.7. The number of hydrogen-bond donors (Lipinski definition) is 3. The number of nitrogens with zero attached hydrogens (tertiary/aromatic N) is 2. The molecule has 0 aliphatic rings. The van der Waals surface area contributed by atoms with E-state index >= 15 is 0 Å². The average molecular weight is 620 g/mol. The number of halogens is 3. The number of methoxy groups -OCH3 is 2. The summed E-state index contributed by atoms with van der Waals surface area (Å²) >= 11 is 6.17. The Morgan fingerprint density at radius 2 is 1.81 bits per heavy atom. The van der Waals surface area contributed by atoms with Crippen molar-refractivity contribution in [3.8, 4) is 17.2 Å². The van der Waals surface area contributed by atoms with Crippen molar-refractivity contribution in [3.05, 3.63) is 89.2 Å². The Morgan fingerprint density at radius 3 is 2.52 bits per heavy atom. The van der Waals surface area contributed by atoms with Gasteiger partial charge in [0.2, 0.25) is 15.9 Å². The van der Waals surface area contributed by atoms with Gasteiger partial charge in [0, 0.05) is 28.9 Å². The summed E-state index contributed by atoms with van der Waals surface area (Å²) < 4.78 is 67.0. The molecule has 0 saturated carbocycles. The lowest BCUT2D eigenvalue weighted by Crippen LogP contribution is -2.25. The van der Waals surface area contributed by atoms with Crippen LogP contribution in [-0.4, -0.2) is 51.3 Å². The van der Waals surface area contributed by atoms with E-state index in [-0.39, 0.29) is 34.9 Å². The summed E-state index contributed by atoms with van der Waals surface area (Å²) in [7, 11) is -1.27. The smallest absolute Gasteiger partial charge is 0.255 e. The predicted octanol–water partition coefficient (Wildman–Crippen LogP) is 4.88. The number of anilines is 2. The van der Waals surface area contributed by atoms with Crippen LogP contribution in [0.2, 0.25) is 5.02 Å². The van der Waals surface area contributed by atoms with Crippen molar-refractivity contribution in [2.24, 2.45) is 0 Å². The van der Waals surface area contributed by atoms with Crippen LogP contribution in [0.4, 0.5) is 20.2 Å². The molecule has 1 amide bonds. The summed E-state index contributed by atoms with van der Waals surface area (Å²) in [5.74, 6) is 0.545. The number of ether oxygens (including phenoxy) is 2. The van der Waals surface area contributed by atoms with Gasteiger partial charge < -0.3 is 20.1 Å². The number of alkyl halides is 2. The SMILES string of the molecule is COc1ccc(CNS(=O)(=O)c2cc(NC(=O)Cc3ccccc3Cl)ccc2-n2cc(NCC(F)F)cn2)c(OC)c1. The number of hydrogen-bond acceptors (Lipinski definition) is 7. The Morgan fingerprint density at radius 1 is 1.02 bits per heavy atom. The molecule has 3 aromatic carbocycles. The Hall–Kier alpha value is -4.20. The molecular weight excluding hydrogens is 592 g/mol. The highest BCUT2D eigenvalue weighted by Gasteiger charge is 2.23. The summed E-state index contributed by atoms with van der Waals surface area (Å²) in [5.41, 5.74) is 1.76. The number of carbonyl (C=O) groups is 1. The van der Waals surface area contributed by atoms with Crippen molar-refractivity contribution in [3.63, 3.8) is 0 Å². The van der Waals surface area contributed by atoms with Crippen LogP contribution in [0.1, 0.15) is 11.1 Å². The van der Waals surface area contributed by atoms with Crippen LogP contribution < -0.4 is 24.8 Å². The van der Waals surface area contributed by atoms with Crippen LogP contribution >= 0.6 is 11.6 Å². The highest BCUT2D eigenvalue weighted by Crippen LogP contribution is 2.28. The molecule has 10 nitrogen and oxygen atoms in total. The molecule has 0 aliphatic heterocycles. The van der Waals surface area contributed by atoms with Crippen LogP contribution in [0.5, 0.6) is 11.5 Å². The maximum absolute atomic E-state index is 13.7. The zero-order valence-electron chi connectivity index (χ0n) is 22.6. The van der Waals surface area contributed by atoms with E-state index in [9.17, 15) is 22.0 Å². The molecule has 0 aliphatic carbocycles. The second kappa shape index (κ2) is 13.6. The third-order valence-corrected chi connectivity index (χ3v) is 7.88. The third kappa shape index (κ3) is 7.75. The van der Waals surface area contributed by atoms with Gasteiger partial charge in [0.1, 0.15) is 16.4 Å². The van der Waals surface area contributed by atoms with E-state index < -0.39 is 28.9 Å². The minimum Gasteiger partial charge on any atom is -0.497 e. The first-order valence-corrected chi connectivity index (χ1v) is 14.4. The molecular formula is C28H28ClF2N5O5S. The molecule has 0 bridgehead atoms. The first-order valence-electron chi connectivity index (χ1n) is 12.5. The molecule has 4 aromatic rings. The lowest BCUT2D eigenvalue weighted by molar-refractivity contribution is -0.115. The number of benzene rings is 3. The first kappa shape index (κ1) is 30.8. The molecule has 14 heteroatoms. The van der Waals surface area contributed by atoms with Crippen molar-refractivity contribution in [1.82, 2.24) is 14.5 Å². The summed E-state index contributed by atoms with van der Waals surface area (Å²) in [6.07, 6.45) is 0.0707. The minimum atomic E-state index is -4.23. The second-order valence-electron chi connectivity index (χ2n) is 8.95. The van der Waals surface area contributed by atoms with Crippen LogP contribution in [0.15, 0.2) is 78.0 Å². The standard InChI is InChI=1S/C28H28ClF2N5O5S/c1-40-22-9-7-19(25(13-22)41-2)14-34-42(38,39)26-12-20(35-28(37)11-18-5-3-4-6-23(18)29)8-10-24(26)36-17-21(15-33-36)32-16-27(30)31/h3-10,12-13,15,17,27,32,34H,11,14,16H2,1-2H3,(H,35,37). The fourth-order valence-corrected chi connectivity index (χ4v) is 5.43. The molecule has 0 spiro atoms. The topological polar surface area (TPSA) is 124 Å². The van der Waals surface area contributed by atoms with Crippen molar-refractivity contribution in [1.29, 1.82) is 0 Å². The van der Waals surface area contributed by atoms with Crippen LogP contribution in [0.25, 0.3) is 5.69 Å². The van der Waals surface area contributed by atoms with Gasteiger partial charge in [-0.3, -0.25) is 4.79 Å². The molecule has 4 rings (SSSR count). The van der Waals surface area contributed by atoms with E-state index in [4.69, 9.17) is 21.1 Å². The van der Waals surface area contributed by atoms with E-state index in [1.807, 2.05) is 0 Å². The lowest BCUT2D eigenvalue weighted by Gasteiger charge is -2.15. The monoisotopic (exact) mass is 619 g/mol.